The van der Waals surface area contributed by atoms with Crippen LogP contribution in [0.5, 0.6) is 0 Å². The monoisotopic (exact) mass is 270 g/mol. The Kier molecular flexibility index (Phi) is 5.39. The summed E-state index contributed by atoms with van der Waals surface area (Å²) in [6.45, 7) is 8.06. The fourth-order valence-corrected chi connectivity index (χ4v) is 2.78. The van der Waals surface area contributed by atoms with Crippen molar-refractivity contribution in [1.82, 2.24) is 0 Å². The Hall–Kier alpha value is -1.06. The molecule has 19 heavy (non-hydrogen) atoms. The summed E-state index contributed by atoms with van der Waals surface area (Å²) in [4.78, 5) is 23.6. The van der Waals surface area contributed by atoms with Crippen LogP contribution in [0.3, 0.4) is 0 Å². The first kappa shape index (κ1) is 16.0. The van der Waals surface area contributed by atoms with Crippen LogP contribution in [0.1, 0.15) is 59.8 Å². The van der Waals surface area contributed by atoms with Crippen LogP contribution in [0.4, 0.5) is 0 Å². The number of hydrogen-bond donors (Lipinski definition) is 1. The molecule has 0 saturated heterocycles. The molecule has 1 aliphatic rings. The molecule has 4 nitrogen and oxygen atoms in total. The van der Waals surface area contributed by atoms with E-state index in [4.69, 9.17) is 9.84 Å². The van der Waals surface area contributed by atoms with Crippen molar-refractivity contribution >= 4 is 11.9 Å². The van der Waals surface area contributed by atoms with Gasteiger partial charge in [-0.3, -0.25) is 9.59 Å². The van der Waals surface area contributed by atoms with Gasteiger partial charge in [0.05, 0.1) is 11.8 Å². The average Bonchev–Trinajstić information content (AvgIpc) is 2.97. The first-order valence-corrected chi connectivity index (χ1v) is 7.18. The lowest BCUT2D eigenvalue weighted by molar-refractivity contribution is -0.164. The molecule has 0 aliphatic heterocycles. The summed E-state index contributed by atoms with van der Waals surface area (Å²) in [6.07, 6.45) is 2.87. The number of carboxylic acid groups (broad SMARTS) is 1. The number of carbonyl (C=O) groups is 2. The lowest BCUT2D eigenvalue weighted by Gasteiger charge is -2.33. The molecule has 1 saturated carbocycles. The summed E-state index contributed by atoms with van der Waals surface area (Å²) in [5, 5.41) is 9.17. The number of ether oxygens (including phenoxy) is 1. The largest absolute Gasteiger partial charge is 0.481 e. The van der Waals surface area contributed by atoms with Crippen molar-refractivity contribution in [2.24, 2.45) is 17.3 Å². The number of rotatable bonds is 8. The third-order valence-corrected chi connectivity index (χ3v) is 3.32. The topological polar surface area (TPSA) is 63.6 Å². The zero-order chi connectivity index (χ0) is 14.6. The van der Waals surface area contributed by atoms with Crippen LogP contribution in [-0.2, 0) is 14.3 Å². The molecule has 0 heterocycles. The van der Waals surface area contributed by atoms with Gasteiger partial charge in [0.15, 0.2) is 0 Å². The number of carboxylic acids is 1. The van der Waals surface area contributed by atoms with Gasteiger partial charge < -0.3 is 9.84 Å². The molecule has 0 spiro atoms. The summed E-state index contributed by atoms with van der Waals surface area (Å²) in [7, 11) is 0. The van der Waals surface area contributed by atoms with Gasteiger partial charge in [-0.2, -0.15) is 0 Å². The van der Waals surface area contributed by atoms with Crippen LogP contribution < -0.4 is 0 Å². The molecule has 4 heteroatoms. The second kappa shape index (κ2) is 6.40. The van der Waals surface area contributed by atoms with Crippen molar-refractivity contribution in [2.45, 2.75) is 65.9 Å². The minimum absolute atomic E-state index is 0.0278. The Labute approximate surface area is 115 Å². The third-order valence-electron chi connectivity index (χ3n) is 3.32. The van der Waals surface area contributed by atoms with E-state index < -0.39 is 11.4 Å². The maximum Gasteiger partial charge on any atom is 0.312 e. The minimum atomic E-state index is -0.922. The fourth-order valence-electron chi connectivity index (χ4n) is 2.78. The predicted molar refractivity (Wildman–Crippen MR) is 72.7 cm³/mol. The Balaban J connectivity index is 2.91. The number of carbonyl (C=O) groups excluding carboxylic acids is 1. The lowest BCUT2D eigenvalue weighted by Crippen LogP contribution is -2.38. The quantitative estimate of drug-likeness (QED) is 0.688. The highest BCUT2D eigenvalue weighted by Crippen LogP contribution is 2.40. The molecule has 1 rings (SSSR count). The molecule has 0 aromatic rings. The van der Waals surface area contributed by atoms with Gasteiger partial charge in [-0.1, -0.05) is 27.7 Å². The lowest BCUT2D eigenvalue weighted by atomic mass is 9.72. The molecule has 1 aliphatic carbocycles. The number of aliphatic carboxylic acids is 1. The van der Waals surface area contributed by atoms with E-state index in [-0.39, 0.29) is 30.3 Å². The van der Waals surface area contributed by atoms with Gasteiger partial charge in [-0.05, 0) is 37.5 Å². The Bertz CT molecular complexity index is 319. The van der Waals surface area contributed by atoms with Crippen LogP contribution in [0.25, 0.3) is 0 Å². The Morgan fingerprint density at radius 2 is 1.63 bits per heavy atom. The first-order valence-electron chi connectivity index (χ1n) is 7.18. The highest BCUT2D eigenvalue weighted by atomic mass is 16.5. The second-order valence-electron chi connectivity index (χ2n) is 6.65. The van der Waals surface area contributed by atoms with Crippen molar-refractivity contribution in [3.63, 3.8) is 0 Å². The summed E-state index contributed by atoms with van der Waals surface area (Å²) in [5.41, 5.74) is -0.864. The number of esters is 1. The third kappa shape index (κ3) is 5.21. The molecule has 0 aromatic carbocycles. The van der Waals surface area contributed by atoms with E-state index in [1.54, 1.807) is 0 Å². The van der Waals surface area contributed by atoms with Crippen LogP contribution in [0.2, 0.25) is 0 Å². The maximum atomic E-state index is 12.4. The molecule has 0 aromatic heterocycles. The van der Waals surface area contributed by atoms with E-state index in [0.29, 0.717) is 12.8 Å². The molecule has 0 atom stereocenters. The van der Waals surface area contributed by atoms with Crippen molar-refractivity contribution in [1.29, 1.82) is 0 Å². The highest BCUT2D eigenvalue weighted by Gasteiger charge is 2.44. The van der Waals surface area contributed by atoms with Gasteiger partial charge in [-0.15, -0.1) is 0 Å². The van der Waals surface area contributed by atoms with Crippen LogP contribution in [-0.4, -0.2) is 23.1 Å². The summed E-state index contributed by atoms with van der Waals surface area (Å²) in [5.74, 6) is -0.691. The smallest absolute Gasteiger partial charge is 0.312 e. The molecule has 0 bridgehead atoms. The zero-order valence-electron chi connectivity index (χ0n) is 12.4. The molecule has 1 N–H and O–H groups in total. The predicted octanol–water partition coefficient (Wildman–Crippen LogP) is 3.25. The zero-order valence-corrected chi connectivity index (χ0v) is 12.4. The van der Waals surface area contributed by atoms with Crippen molar-refractivity contribution in [3.8, 4) is 0 Å². The average molecular weight is 270 g/mol. The standard InChI is InChI=1S/C15H26O4/c1-10(2)7-15(8-11(3)4,9-13(16)17)14(18)19-12-5-6-12/h10-12H,5-9H2,1-4H3,(H,16,17). The van der Waals surface area contributed by atoms with Crippen molar-refractivity contribution < 1.29 is 19.4 Å². The van der Waals surface area contributed by atoms with Crippen LogP contribution >= 0.6 is 0 Å². The molecular formula is C15H26O4. The van der Waals surface area contributed by atoms with Crippen molar-refractivity contribution in [3.05, 3.63) is 0 Å². The van der Waals surface area contributed by atoms with Gasteiger partial charge in [0.1, 0.15) is 6.10 Å². The molecule has 110 valence electrons. The van der Waals surface area contributed by atoms with E-state index in [1.165, 1.54) is 0 Å². The van der Waals surface area contributed by atoms with E-state index in [2.05, 4.69) is 0 Å². The van der Waals surface area contributed by atoms with Crippen LogP contribution in [0, 0.1) is 17.3 Å². The molecule has 0 unspecified atom stereocenters. The molecule has 0 radical (unpaired) electrons. The van der Waals surface area contributed by atoms with Gasteiger partial charge in [0.2, 0.25) is 0 Å². The highest BCUT2D eigenvalue weighted by molar-refractivity contribution is 5.83. The van der Waals surface area contributed by atoms with E-state index in [0.717, 1.165) is 12.8 Å². The van der Waals surface area contributed by atoms with Gasteiger partial charge >= 0.3 is 11.9 Å². The number of hydrogen-bond acceptors (Lipinski definition) is 3. The van der Waals surface area contributed by atoms with Gasteiger partial charge in [0.25, 0.3) is 0 Å². The van der Waals surface area contributed by atoms with Crippen molar-refractivity contribution in [2.75, 3.05) is 0 Å². The molecule has 0 amide bonds. The molecule has 1 fully saturated rings. The fraction of sp³-hybridized carbons (Fsp3) is 0.867. The minimum Gasteiger partial charge on any atom is -0.481 e. The molecular weight excluding hydrogens is 244 g/mol. The summed E-state index contributed by atoms with van der Waals surface area (Å²) in [6, 6.07) is 0. The van der Waals surface area contributed by atoms with E-state index in [9.17, 15) is 9.59 Å². The van der Waals surface area contributed by atoms with E-state index >= 15 is 0 Å². The van der Waals surface area contributed by atoms with Gasteiger partial charge in [0, 0.05) is 0 Å². The SMILES string of the molecule is CC(C)CC(CC(=O)O)(CC(C)C)C(=O)OC1CC1. The van der Waals surface area contributed by atoms with E-state index in [1.807, 2.05) is 27.7 Å². The van der Waals surface area contributed by atoms with Gasteiger partial charge in [-0.25, -0.2) is 0 Å². The second-order valence-corrected chi connectivity index (χ2v) is 6.65. The normalized spacial score (nSPS) is 15.9. The van der Waals surface area contributed by atoms with Crippen LogP contribution in [0.15, 0.2) is 0 Å². The Morgan fingerprint density at radius 1 is 1.16 bits per heavy atom. The maximum absolute atomic E-state index is 12.4. The Morgan fingerprint density at radius 3 is 1.95 bits per heavy atom. The summed E-state index contributed by atoms with van der Waals surface area (Å²) < 4.78 is 5.43. The first-order chi connectivity index (χ1) is 8.75. The summed E-state index contributed by atoms with van der Waals surface area (Å²) >= 11 is 0.